The molecule has 0 aliphatic carbocycles. The Bertz CT molecular complexity index is 1060. The highest BCUT2D eigenvalue weighted by Gasteiger charge is 2.20. The number of carbonyl (C=O) groups excluding carboxylic acids is 2. The number of Topliss-reactive ketones (excluding diaryl/α,β-unsaturated/α-hetero) is 1. The third-order valence-electron chi connectivity index (χ3n) is 4.04. The zero-order valence-corrected chi connectivity index (χ0v) is 18.6. The van der Waals surface area contributed by atoms with Gasteiger partial charge in [-0.15, -0.1) is 0 Å². The molecule has 0 radical (unpaired) electrons. The number of methoxy groups -OCH3 is 1. The van der Waals surface area contributed by atoms with Crippen molar-refractivity contribution in [3.05, 3.63) is 59.7 Å². The second-order valence-corrected chi connectivity index (χ2v) is 8.40. The Kier molecular flexibility index (Phi) is 8.21. The van der Waals surface area contributed by atoms with E-state index in [1.807, 2.05) is 25.1 Å². The smallest absolute Gasteiger partial charge is 0.344 e. The lowest BCUT2D eigenvalue weighted by molar-refractivity contribution is -0.148. The van der Waals surface area contributed by atoms with Crippen LogP contribution in [0.2, 0.25) is 0 Å². The minimum absolute atomic E-state index is 0.279. The van der Waals surface area contributed by atoms with Gasteiger partial charge in [0.05, 0.1) is 13.4 Å². The van der Waals surface area contributed by atoms with E-state index >= 15 is 0 Å². The fourth-order valence-corrected chi connectivity index (χ4v) is 3.24. The third kappa shape index (κ3) is 7.45. The summed E-state index contributed by atoms with van der Waals surface area (Å²) < 4.78 is 40.7. The van der Waals surface area contributed by atoms with Crippen LogP contribution in [0.4, 0.5) is 5.69 Å². The Balaban J connectivity index is 1.94. The van der Waals surface area contributed by atoms with Gasteiger partial charge in [0.1, 0.15) is 0 Å². The Hall–Kier alpha value is -3.33. The monoisotopic (exact) mass is 447 g/mol. The highest BCUT2D eigenvalue weighted by molar-refractivity contribution is 7.92. The lowest BCUT2D eigenvalue weighted by Gasteiger charge is -2.14. The van der Waals surface area contributed by atoms with Gasteiger partial charge < -0.3 is 14.2 Å². The summed E-state index contributed by atoms with van der Waals surface area (Å²) in [5, 5.41) is 0. The second-order valence-electron chi connectivity index (χ2n) is 6.65. The molecule has 0 aliphatic rings. The molecular formula is C22H25NO7S. The number of benzene rings is 2. The number of anilines is 1. The summed E-state index contributed by atoms with van der Waals surface area (Å²) in [4.78, 5) is 24.6. The van der Waals surface area contributed by atoms with Gasteiger partial charge in [0.25, 0.3) is 0 Å². The van der Waals surface area contributed by atoms with E-state index in [1.165, 1.54) is 38.3 Å². The van der Waals surface area contributed by atoms with Crippen LogP contribution in [0.1, 0.15) is 29.8 Å². The molecule has 2 aromatic carbocycles. The van der Waals surface area contributed by atoms with Crippen LogP contribution in [-0.2, 0) is 19.6 Å². The van der Waals surface area contributed by atoms with E-state index < -0.39 is 34.5 Å². The maximum atomic E-state index is 12.5. The molecule has 0 bridgehead atoms. The summed E-state index contributed by atoms with van der Waals surface area (Å²) in [6.07, 6.45) is 3.78. The number of ether oxygens (including phenoxy) is 3. The summed E-state index contributed by atoms with van der Waals surface area (Å²) in [6, 6.07) is 11.1. The van der Waals surface area contributed by atoms with Crippen molar-refractivity contribution in [3.8, 4) is 11.5 Å². The minimum Gasteiger partial charge on any atom is -0.493 e. The van der Waals surface area contributed by atoms with Gasteiger partial charge in [-0.25, -0.2) is 13.2 Å². The number of ketones is 1. The van der Waals surface area contributed by atoms with Gasteiger partial charge >= 0.3 is 5.97 Å². The molecule has 0 saturated carbocycles. The van der Waals surface area contributed by atoms with Crippen molar-refractivity contribution in [2.24, 2.45) is 0 Å². The standard InChI is InChI=1S/C22H25NO7S/c1-5-6-16-7-12-19(20(13-16)28-3)29-14-21(24)30-15(2)22(25)17-8-10-18(11-9-17)23-31(4,26)27/h5-13,15,23H,14H2,1-4H3/b6-5+. The zero-order chi connectivity index (χ0) is 23.0. The number of esters is 1. The maximum Gasteiger partial charge on any atom is 0.344 e. The molecule has 1 atom stereocenters. The molecule has 2 rings (SSSR count). The average Bonchev–Trinajstić information content (AvgIpc) is 2.71. The predicted octanol–water partition coefficient (Wildman–Crippen LogP) is 3.29. The molecule has 0 spiro atoms. The molecule has 1 N–H and O–H groups in total. The Morgan fingerprint density at radius 2 is 1.77 bits per heavy atom. The van der Waals surface area contributed by atoms with Crippen LogP contribution in [0, 0.1) is 0 Å². The van der Waals surface area contributed by atoms with E-state index in [2.05, 4.69) is 4.72 Å². The highest BCUT2D eigenvalue weighted by atomic mass is 32.2. The number of nitrogens with one attached hydrogen (secondary N) is 1. The summed E-state index contributed by atoms with van der Waals surface area (Å²) in [6.45, 7) is 2.96. The Morgan fingerprint density at radius 1 is 1.10 bits per heavy atom. The average molecular weight is 448 g/mol. The quantitative estimate of drug-likeness (QED) is 0.440. The molecule has 0 amide bonds. The molecular weight excluding hydrogens is 422 g/mol. The van der Waals surface area contributed by atoms with Crippen LogP contribution < -0.4 is 14.2 Å². The van der Waals surface area contributed by atoms with Gasteiger partial charge in [-0.2, -0.15) is 0 Å². The summed E-state index contributed by atoms with van der Waals surface area (Å²) in [5.41, 5.74) is 1.53. The Labute approximate surface area is 181 Å². The third-order valence-corrected chi connectivity index (χ3v) is 4.65. The summed E-state index contributed by atoms with van der Waals surface area (Å²) in [5.74, 6) is -0.292. The fraction of sp³-hybridized carbons (Fsp3) is 0.273. The molecule has 0 aliphatic heterocycles. The van der Waals surface area contributed by atoms with Crippen molar-refractivity contribution in [1.29, 1.82) is 0 Å². The molecule has 166 valence electrons. The van der Waals surface area contributed by atoms with Gasteiger partial charge in [-0.3, -0.25) is 9.52 Å². The van der Waals surface area contributed by atoms with Crippen LogP contribution in [0.25, 0.3) is 6.08 Å². The molecule has 9 heteroatoms. The Morgan fingerprint density at radius 3 is 2.35 bits per heavy atom. The van der Waals surface area contributed by atoms with Crippen molar-refractivity contribution in [3.63, 3.8) is 0 Å². The molecule has 1 unspecified atom stereocenters. The molecule has 31 heavy (non-hydrogen) atoms. The van der Waals surface area contributed by atoms with Crippen molar-refractivity contribution >= 4 is 33.5 Å². The van der Waals surface area contributed by atoms with Gasteiger partial charge in [0.15, 0.2) is 24.2 Å². The second kappa shape index (κ2) is 10.6. The SMILES string of the molecule is C/C=C/c1ccc(OCC(=O)OC(C)C(=O)c2ccc(NS(C)(=O)=O)cc2)c(OC)c1. The van der Waals surface area contributed by atoms with E-state index in [-0.39, 0.29) is 5.56 Å². The van der Waals surface area contributed by atoms with E-state index in [4.69, 9.17) is 14.2 Å². The topological polar surface area (TPSA) is 108 Å². The maximum absolute atomic E-state index is 12.5. The van der Waals surface area contributed by atoms with Gasteiger partial charge in [-0.1, -0.05) is 18.2 Å². The molecule has 8 nitrogen and oxygen atoms in total. The number of carbonyl (C=O) groups is 2. The number of sulfonamides is 1. The number of hydrogen-bond acceptors (Lipinski definition) is 7. The molecule has 0 fully saturated rings. The van der Waals surface area contributed by atoms with E-state index in [0.717, 1.165) is 11.8 Å². The van der Waals surface area contributed by atoms with Crippen molar-refractivity contribution in [2.75, 3.05) is 24.7 Å². The van der Waals surface area contributed by atoms with Gasteiger partial charge in [0, 0.05) is 11.3 Å². The van der Waals surface area contributed by atoms with Gasteiger partial charge in [-0.05, 0) is 55.8 Å². The first kappa shape index (κ1) is 23.9. The number of allylic oxidation sites excluding steroid dienone is 1. The van der Waals surface area contributed by atoms with Crippen LogP contribution in [0.3, 0.4) is 0 Å². The lowest BCUT2D eigenvalue weighted by atomic mass is 10.1. The molecule has 0 aromatic heterocycles. The number of rotatable bonds is 10. The zero-order valence-electron chi connectivity index (χ0n) is 17.7. The van der Waals surface area contributed by atoms with Gasteiger partial charge in [0.2, 0.25) is 15.8 Å². The highest BCUT2D eigenvalue weighted by Crippen LogP contribution is 2.28. The largest absolute Gasteiger partial charge is 0.493 e. The molecule has 0 heterocycles. The summed E-state index contributed by atoms with van der Waals surface area (Å²) in [7, 11) is -1.92. The molecule has 2 aromatic rings. The van der Waals surface area contributed by atoms with E-state index in [9.17, 15) is 18.0 Å². The van der Waals surface area contributed by atoms with Crippen molar-refractivity contribution in [1.82, 2.24) is 0 Å². The van der Waals surface area contributed by atoms with Crippen molar-refractivity contribution < 1.29 is 32.2 Å². The minimum atomic E-state index is -3.41. The van der Waals surface area contributed by atoms with E-state index in [1.54, 1.807) is 12.1 Å². The lowest BCUT2D eigenvalue weighted by Crippen LogP contribution is -2.27. The van der Waals surface area contributed by atoms with Crippen LogP contribution >= 0.6 is 0 Å². The van der Waals surface area contributed by atoms with Crippen molar-refractivity contribution in [2.45, 2.75) is 20.0 Å². The normalized spacial score (nSPS) is 12.3. The van der Waals surface area contributed by atoms with Crippen LogP contribution in [-0.4, -0.2) is 46.2 Å². The first-order valence-corrected chi connectivity index (χ1v) is 11.3. The van der Waals surface area contributed by atoms with E-state index in [0.29, 0.717) is 17.2 Å². The molecule has 0 saturated heterocycles. The van der Waals surface area contributed by atoms with Crippen LogP contribution in [0.5, 0.6) is 11.5 Å². The van der Waals surface area contributed by atoms with Crippen LogP contribution in [0.15, 0.2) is 48.5 Å². The fourth-order valence-electron chi connectivity index (χ4n) is 2.67. The summed E-state index contributed by atoms with van der Waals surface area (Å²) >= 11 is 0. The first-order valence-electron chi connectivity index (χ1n) is 9.38. The predicted molar refractivity (Wildman–Crippen MR) is 118 cm³/mol. The number of hydrogen-bond donors (Lipinski definition) is 1. The first-order chi connectivity index (χ1) is 14.6.